The maximum Gasteiger partial charge on any atom is 0.272 e. The second-order valence-electron chi connectivity index (χ2n) is 9.19. The lowest BCUT2D eigenvalue weighted by atomic mass is 10.1. The molecule has 0 aliphatic carbocycles. The molecule has 5 rings (SSSR count). The Morgan fingerprint density at radius 3 is 2.39 bits per heavy atom. The Morgan fingerprint density at radius 1 is 0.829 bits per heavy atom. The van der Waals surface area contributed by atoms with Gasteiger partial charge < -0.3 is 16.0 Å². The second-order valence-corrected chi connectivity index (χ2v) is 11.4. The zero-order valence-corrected chi connectivity index (χ0v) is 23.8. The van der Waals surface area contributed by atoms with E-state index in [0.29, 0.717) is 11.3 Å². The fourth-order valence-electron chi connectivity index (χ4n) is 4.14. The molecule has 5 aromatic rings. The molecule has 8 heteroatoms. The molecule has 41 heavy (non-hydrogen) atoms. The van der Waals surface area contributed by atoms with Gasteiger partial charge in [-0.1, -0.05) is 60.7 Å². The third kappa shape index (κ3) is 7.30. The monoisotopic (exact) mass is 577 g/mol. The number of fused-ring (bicyclic) bond motifs is 1. The molecular formula is C33H27N3O3S2. The number of rotatable bonds is 9. The van der Waals surface area contributed by atoms with Gasteiger partial charge in [0.1, 0.15) is 5.70 Å². The van der Waals surface area contributed by atoms with E-state index in [9.17, 15) is 14.4 Å². The fraction of sp³-hybridized carbons (Fsp3) is 0.0606. The molecule has 1 atom stereocenters. The van der Waals surface area contributed by atoms with Crippen molar-refractivity contribution < 1.29 is 14.4 Å². The Hall–Kier alpha value is -4.66. The molecule has 1 unspecified atom stereocenters. The summed E-state index contributed by atoms with van der Waals surface area (Å²) in [6.45, 7) is 1.84. The molecule has 4 aromatic carbocycles. The van der Waals surface area contributed by atoms with Crippen molar-refractivity contribution in [2.24, 2.45) is 0 Å². The Balaban J connectivity index is 1.27. The number of benzene rings is 4. The highest BCUT2D eigenvalue weighted by Gasteiger charge is 2.18. The largest absolute Gasteiger partial charge is 0.325 e. The minimum Gasteiger partial charge on any atom is -0.325 e. The normalized spacial score (nSPS) is 12.0. The molecule has 0 fully saturated rings. The van der Waals surface area contributed by atoms with E-state index in [0.717, 1.165) is 26.9 Å². The zero-order chi connectivity index (χ0) is 28.6. The maximum atomic E-state index is 13.3. The summed E-state index contributed by atoms with van der Waals surface area (Å²) in [6, 6.07) is 31.6. The lowest BCUT2D eigenvalue weighted by molar-refractivity contribution is -0.115. The van der Waals surface area contributed by atoms with Crippen LogP contribution in [0.15, 0.2) is 124 Å². The van der Waals surface area contributed by atoms with Gasteiger partial charge in [-0.15, -0.1) is 11.8 Å². The summed E-state index contributed by atoms with van der Waals surface area (Å²) in [5.74, 6) is -0.952. The van der Waals surface area contributed by atoms with Crippen LogP contribution >= 0.6 is 23.1 Å². The minimum absolute atomic E-state index is 0.120. The first kappa shape index (κ1) is 27.9. The van der Waals surface area contributed by atoms with Gasteiger partial charge >= 0.3 is 0 Å². The number of nitrogens with one attached hydrogen (secondary N) is 3. The Labute approximate surface area is 246 Å². The number of carbonyl (C=O) groups excluding carboxylic acids is 3. The van der Waals surface area contributed by atoms with Crippen LogP contribution in [0.5, 0.6) is 0 Å². The first-order valence-corrected chi connectivity index (χ1v) is 14.8. The number of anilines is 2. The summed E-state index contributed by atoms with van der Waals surface area (Å²) in [6.07, 6.45) is 1.64. The molecule has 0 bridgehead atoms. The number of thiophene rings is 1. The third-order valence-corrected chi connectivity index (χ3v) is 8.00. The van der Waals surface area contributed by atoms with E-state index in [2.05, 4.69) is 16.0 Å². The van der Waals surface area contributed by atoms with E-state index in [1.54, 1.807) is 36.4 Å². The number of thioether (sulfide) groups is 1. The van der Waals surface area contributed by atoms with Crippen molar-refractivity contribution in [2.45, 2.75) is 17.1 Å². The molecule has 204 valence electrons. The fourth-order valence-corrected chi connectivity index (χ4v) is 5.68. The average Bonchev–Trinajstić information content (AvgIpc) is 3.51. The van der Waals surface area contributed by atoms with Crippen molar-refractivity contribution in [3.8, 4) is 0 Å². The summed E-state index contributed by atoms with van der Waals surface area (Å²) < 4.78 is 0. The molecule has 0 aliphatic heterocycles. The van der Waals surface area contributed by atoms with Gasteiger partial charge in [0.05, 0.1) is 5.25 Å². The van der Waals surface area contributed by atoms with Crippen molar-refractivity contribution in [1.29, 1.82) is 0 Å². The Morgan fingerprint density at radius 2 is 1.59 bits per heavy atom. The Bertz CT molecular complexity index is 1710. The predicted molar refractivity (Wildman–Crippen MR) is 169 cm³/mol. The zero-order valence-electron chi connectivity index (χ0n) is 22.2. The average molecular weight is 578 g/mol. The summed E-state index contributed by atoms with van der Waals surface area (Å²) in [7, 11) is 0. The van der Waals surface area contributed by atoms with Crippen LogP contribution in [0.1, 0.15) is 22.8 Å². The number of amides is 3. The van der Waals surface area contributed by atoms with E-state index in [-0.39, 0.29) is 22.8 Å². The highest BCUT2D eigenvalue weighted by atomic mass is 32.2. The van der Waals surface area contributed by atoms with E-state index < -0.39 is 5.91 Å². The molecule has 0 aliphatic rings. The van der Waals surface area contributed by atoms with E-state index >= 15 is 0 Å². The molecular weight excluding hydrogens is 551 g/mol. The molecule has 0 spiro atoms. The van der Waals surface area contributed by atoms with Crippen LogP contribution in [-0.2, 0) is 9.59 Å². The van der Waals surface area contributed by atoms with Crippen LogP contribution in [0.25, 0.3) is 16.8 Å². The van der Waals surface area contributed by atoms with Crippen molar-refractivity contribution in [3.05, 3.63) is 131 Å². The van der Waals surface area contributed by atoms with Crippen LogP contribution in [0.3, 0.4) is 0 Å². The molecule has 1 heterocycles. The van der Waals surface area contributed by atoms with Crippen molar-refractivity contribution >= 4 is 69.0 Å². The molecule has 0 radical (unpaired) electrons. The van der Waals surface area contributed by atoms with Crippen LogP contribution < -0.4 is 16.0 Å². The lowest BCUT2D eigenvalue weighted by Gasteiger charge is -2.15. The summed E-state index contributed by atoms with van der Waals surface area (Å²) >= 11 is 2.89. The van der Waals surface area contributed by atoms with E-state index in [4.69, 9.17) is 0 Å². The second kappa shape index (κ2) is 13.1. The van der Waals surface area contributed by atoms with Crippen LogP contribution in [0, 0.1) is 0 Å². The topological polar surface area (TPSA) is 87.3 Å². The van der Waals surface area contributed by atoms with Crippen molar-refractivity contribution in [3.63, 3.8) is 0 Å². The Kier molecular flexibility index (Phi) is 8.93. The van der Waals surface area contributed by atoms with Gasteiger partial charge in [0.25, 0.3) is 11.8 Å². The quantitative estimate of drug-likeness (QED) is 0.126. The summed E-state index contributed by atoms with van der Waals surface area (Å²) in [4.78, 5) is 40.0. The number of hydrogen-bond acceptors (Lipinski definition) is 5. The van der Waals surface area contributed by atoms with Gasteiger partial charge in [0.2, 0.25) is 5.91 Å². The molecule has 3 amide bonds. The van der Waals surface area contributed by atoms with Gasteiger partial charge in [0, 0.05) is 27.2 Å². The molecule has 0 saturated heterocycles. The SMILES string of the molecule is CC(Sc1cccc(NC(=O)/C(=C/c2ccsc2)NC(=O)c2ccccc2)c1)C(=O)Nc1cccc2ccccc12. The first-order chi connectivity index (χ1) is 20.0. The van der Waals surface area contributed by atoms with Crippen molar-refractivity contribution in [1.82, 2.24) is 5.32 Å². The van der Waals surface area contributed by atoms with Gasteiger partial charge in [0.15, 0.2) is 0 Å². The maximum absolute atomic E-state index is 13.3. The molecule has 1 aromatic heterocycles. The standard InChI is InChI=1S/C33H27N3O3S2/c1-22(31(37)35-29-16-7-12-24-9-5-6-15-28(24)29)41-27-14-8-13-26(20-27)34-33(39)30(19-23-17-18-40-21-23)36-32(38)25-10-3-2-4-11-25/h2-22H,1H3,(H,34,39)(H,35,37)(H,36,38)/b30-19-. The highest BCUT2D eigenvalue weighted by molar-refractivity contribution is 8.00. The molecule has 6 nitrogen and oxygen atoms in total. The summed E-state index contributed by atoms with van der Waals surface area (Å²) in [5, 5.41) is 14.1. The summed E-state index contributed by atoms with van der Waals surface area (Å²) in [5.41, 5.74) is 2.70. The van der Waals surface area contributed by atoms with E-state index in [1.165, 1.54) is 23.1 Å². The van der Waals surface area contributed by atoms with Gasteiger partial charge in [-0.05, 0) is 77.2 Å². The predicted octanol–water partition coefficient (Wildman–Crippen LogP) is 7.43. The van der Waals surface area contributed by atoms with Crippen LogP contribution in [0.2, 0.25) is 0 Å². The van der Waals surface area contributed by atoms with Crippen LogP contribution in [0.4, 0.5) is 11.4 Å². The number of hydrogen-bond donors (Lipinski definition) is 3. The van der Waals surface area contributed by atoms with Gasteiger partial charge in [-0.2, -0.15) is 11.3 Å². The van der Waals surface area contributed by atoms with Gasteiger partial charge in [-0.3, -0.25) is 14.4 Å². The molecule has 0 saturated carbocycles. The smallest absolute Gasteiger partial charge is 0.272 e. The highest BCUT2D eigenvalue weighted by Crippen LogP contribution is 2.28. The van der Waals surface area contributed by atoms with Crippen LogP contribution in [-0.4, -0.2) is 23.0 Å². The minimum atomic E-state index is -0.454. The van der Waals surface area contributed by atoms with E-state index in [1.807, 2.05) is 90.5 Å². The lowest BCUT2D eigenvalue weighted by Crippen LogP contribution is -2.30. The van der Waals surface area contributed by atoms with Gasteiger partial charge in [-0.25, -0.2) is 0 Å². The first-order valence-electron chi connectivity index (χ1n) is 12.9. The third-order valence-electron chi connectivity index (χ3n) is 6.20. The van der Waals surface area contributed by atoms with Crippen molar-refractivity contribution in [2.75, 3.05) is 10.6 Å². The molecule has 3 N–H and O–H groups in total. The number of carbonyl (C=O) groups is 3.